The molecule has 1 unspecified atom stereocenters. The molecule has 5 nitrogen and oxygen atoms in total. The largest absolute Gasteiger partial charge is 0.478 e. The van der Waals surface area contributed by atoms with Gasteiger partial charge in [-0.3, -0.25) is 4.72 Å². The maximum Gasteiger partial charge on any atom is 0.335 e. The first-order chi connectivity index (χ1) is 8.75. The number of carbonyl (C=O) groups is 1. The standard InChI is InChI=1S/C12H16ClNO4S/c1-8(6-13)7-19(17,18)14-11-5-10(12(15)16)4-3-9(11)2/h3-5,8,14H,6-7H2,1-2H3,(H,15,16). The molecular formula is C12H16ClNO4S. The van der Waals surface area contributed by atoms with Crippen LogP contribution in [0, 0.1) is 12.8 Å². The van der Waals surface area contributed by atoms with E-state index in [0.717, 1.165) is 0 Å². The van der Waals surface area contributed by atoms with Crippen molar-refractivity contribution in [2.75, 3.05) is 16.4 Å². The van der Waals surface area contributed by atoms with Crippen molar-refractivity contribution < 1.29 is 18.3 Å². The summed E-state index contributed by atoms with van der Waals surface area (Å²) in [5, 5.41) is 8.89. The van der Waals surface area contributed by atoms with Gasteiger partial charge in [0.2, 0.25) is 10.0 Å². The number of aromatic carboxylic acids is 1. The molecule has 106 valence electrons. The quantitative estimate of drug-likeness (QED) is 0.790. The fourth-order valence-corrected chi connectivity index (χ4v) is 3.24. The molecule has 0 saturated carbocycles. The zero-order valence-corrected chi connectivity index (χ0v) is 12.3. The van der Waals surface area contributed by atoms with E-state index in [-0.39, 0.29) is 28.8 Å². The average molecular weight is 306 g/mol. The molecule has 0 aliphatic carbocycles. The molecule has 0 radical (unpaired) electrons. The van der Waals surface area contributed by atoms with Crippen LogP contribution in [-0.2, 0) is 10.0 Å². The maximum absolute atomic E-state index is 11.9. The van der Waals surface area contributed by atoms with Gasteiger partial charge >= 0.3 is 5.97 Å². The second-order valence-electron chi connectivity index (χ2n) is 4.48. The number of benzene rings is 1. The Kier molecular flexibility index (Phi) is 5.20. The van der Waals surface area contributed by atoms with E-state index in [4.69, 9.17) is 16.7 Å². The van der Waals surface area contributed by atoms with E-state index in [1.165, 1.54) is 12.1 Å². The van der Waals surface area contributed by atoms with Crippen LogP contribution in [0.4, 0.5) is 5.69 Å². The number of anilines is 1. The van der Waals surface area contributed by atoms with Crippen molar-refractivity contribution in [3.63, 3.8) is 0 Å². The first-order valence-corrected chi connectivity index (χ1v) is 7.84. The lowest BCUT2D eigenvalue weighted by Crippen LogP contribution is -2.22. The summed E-state index contributed by atoms with van der Waals surface area (Å²) in [6, 6.07) is 4.30. The van der Waals surface area contributed by atoms with Gasteiger partial charge in [0.25, 0.3) is 0 Å². The third kappa shape index (κ3) is 4.72. The van der Waals surface area contributed by atoms with Gasteiger partial charge in [0, 0.05) is 5.88 Å². The predicted octanol–water partition coefficient (Wildman–Crippen LogP) is 2.31. The lowest BCUT2D eigenvalue weighted by atomic mass is 10.1. The lowest BCUT2D eigenvalue weighted by Gasteiger charge is -2.13. The van der Waals surface area contributed by atoms with E-state index in [1.807, 2.05) is 0 Å². The third-order valence-electron chi connectivity index (χ3n) is 2.52. The topological polar surface area (TPSA) is 83.5 Å². The van der Waals surface area contributed by atoms with E-state index in [0.29, 0.717) is 5.56 Å². The predicted molar refractivity (Wildman–Crippen MR) is 75.4 cm³/mol. The Bertz CT molecular complexity index is 571. The van der Waals surface area contributed by atoms with Gasteiger partial charge in [-0.25, -0.2) is 13.2 Å². The number of nitrogens with one attached hydrogen (secondary N) is 1. The van der Waals surface area contributed by atoms with E-state index in [9.17, 15) is 13.2 Å². The molecule has 0 saturated heterocycles. The molecule has 0 aliphatic rings. The lowest BCUT2D eigenvalue weighted by molar-refractivity contribution is 0.0697. The molecule has 1 aromatic carbocycles. The second-order valence-corrected chi connectivity index (χ2v) is 6.55. The number of halogens is 1. The molecule has 1 atom stereocenters. The SMILES string of the molecule is Cc1ccc(C(=O)O)cc1NS(=O)(=O)CC(C)CCl. The van der Waals surface area contributed by atoms with Gasteiger partial charge in [-0.2, -0.15) is 0 Å². The van der Waals surface area contributed by atoms with Crippen LogP contribution in [0.3, 0.4) is 0 Å². The molecule has 1 rings (SSSR count). The fraction of sp³-hybridized carbons (Fsp3) is 0.417. The number of hydrogen-bond donors (Lipinski definition) is 2. The average Bonchev–Trinajstić information content (AvgIpc) is 2.30. The van der Waals surface area contributed by atoms with Crippen LogP contribution in [0.15, 0.2) is 18.2 Å². The van der Waals surface area contributed by atoms with Crippen molar-refractivity contribution in [2.24, 2.45) is 5.92 Å². The number of hydrogen-bond acceptors (Lipinski definition) is 3. The van der Waals surface area contributed by atoms with Gasteiger partial charge in [-0.15, -0.1) is 11.6 Å². The molecule has 0 fully saturated rings. The molecule has 1 aromatic rings. The van der Waals surface area contributed by atoms with Crippen LogP contribution in [0.1, 0.15) is 22.8 Å². The molecule has 2 N–H and O–H groups in total. The summed E-state index contributed by atoms with van der Waals surface area (Å²) >= 11 is 5.59. The van der Waals surface area contributed by atoms with Crippen LogP contribution < -0.4 is 4.72 Å². The van der Waals surface area contributed by atoms with Crippen LogP contribution in [0.2, 0.25) is 0 Å². The number of aryl methyl sites for hydroxylation is 1. The third-order valence-corrected chi connectivity index (χ3v) is 4.58. The van der Waals surface area contributed by atoms with E-state index < -0.39 is 16.0 Å². The molecule has 0 amide bonds. The molecule has 0 aromatic heterocycles. The maximum atomic E-state index is 11.9. The van der Waals surface area contributed by atoms with Crippen LogP contribution in [-0.4, -0.2) is 31.1 Å². The summed E-state index contributed by atoms with van der Waals surface area (Å²) in [7, 11) is -3.54. The first-order valence-electron chi connectivity index (χ1n) is 5.65. The number of sulfonamides is 1. The Hall–Kier alpha value is -1.27. The minimum atomic E-state index is -3.54. The van der Waals surface area contributed by atoms with Gasteiger partial charge in [0.05, 0.1) is 17.0 Å². The molecule has 19 heavy (non-hydrogen) atoms. The number of rotatable bonds is 6. The Morgan fingerprint density at radius 1 is 1.47 bits per heavy atom. The normalized spacial score (nSPS) is 13.0. The number of alkyl halides is 1. The Morgan fingerprint density at radius 2 is 2.11 bits per heavy atom. The van der Waals surface area contributed by atoms with Crippen LogP contribution >= 0.6 is 11.6 Å². The summed E-state index contributed by atoms with van der Waals surface area (Å²) in [6.07, 6.45) is 0. The molecule has 0 bridgehead atoms. The van der Waals surface area contributed by atoms with Gasteiger partial charge in [0.1, 0.15) is 0 Å². The number of carboxylic acid groups (broad SMARTS) is 1. The summed E-state index contributed by atoms with van der Waals surface area (Å²) in [5.74, 6) is -1.14. The highest BCUT2D eigenvalue weighted by molar-refractivity contribution is 7.92. The Balaban J connectivity index is 2.98. The monoisotopic (exact) mass is 305 g/mol. The van der Waals surface area contributed by atoms with Crippen molar-refractivity contribution in [1.82, 2.24) is 0 Å². The summed E-state index contributed by atoms with van der Waals surface area (Å²) in [6.45, 7) is 3.43. The highest BCUT2D eigenvalue weighted by Crippen LogP contribution is 2.19. The first kappa shape index (κ1) is 15.8. The van der Waals surface area contributed by atoms with Gasteiger partial charge in [0.15, 0.2) is 0 Å². The molecular weight excluding hydrogens is 290 g/mol. The van der Waals surface area contributed by atoms with E-state index in [1.54, 1.807) is 19.9 Å². The Morgan fingerprint density at radius 3 is 2.63 bits per heavy atom. The fourth-order valence-electron chi connectivity index (χ4n) is 1.49. The highest BCUT2D eigenvalue weighted by Gasteiger charge is 2.17. The highest BCUT2D eigenvalue weighted by atomic mass is 35.5. The van der Waals surface area contributed by atoms with Crippen molar-refractivity contribution in [3.8, 4) is 0 Å². The molecule has 7 heteroatoms. The number of carboxylic acids is 1. The van der Waals surface area contributed by atoms with E-state index in [2.05, 4.69) is 4.72 Å². The van der Waals surface area contributed by atoms with Crippen molar-refractivity contribution >= 4 is 33.3 Å². The van der Waals surface area contributed by atoms with Gasteiger partial charge < -0.3 is 5.11 Å². The molecule has 0 aliphatic heterocycles. The zero-order valence-electron chi connectivity index (χ0n) is 10.7. The molecule has 0 heterocycles. The minimum Gasteiger partial charge on any atom is -0.478 e. The summed E-state index contributed by atoms with van der Waals surface area (Å²) in [4.78, 5) is 10.9. The summed E-state index contributed by atoms with van der Waals surface area (Å²) in [5.41, 5.74) is 0.975. The smallest absolute Gasteiger partial charge is 0.335 e. The van der Waals surface area contributed by atoms with Crippen LogP contribution in [0.25, 0.3) is 0 Å². The van der Waals surface area contributed by atoms with E-state index >= 15 is 0 Å². The van der Waals surface area contributed by atoms with Crippen molar-refractivity contribution in [2.45, 2.75) is 13.8 Å². The van der Waals surface area contributed by atoms with Crippen molar-refractivity contribution in [1.29, 1.82) is 0 Å². The zero-order chi connectivity index (χ0) is 14.6. The Labute approximate surface area is 117 Å². The minimum absolute atomic E-state index is 0.0358. The second kappa shape index (κ2) is 6.25. The van der Waals surface area contributed by atoms with Gasteiger partial charge in [-0.1, -0.05) is 13.0 Å². The van der Waals surface area contributed by atoms with Crippen LogP contribution in [0.5, 0.6) is 0 Å². The van der Waals surface area contributed by atoms with Gasteiger partial charge in [-0.05, 0) is 30.5 Å². The van der Waals surface area contributed by atoms with Crippen molar-refractivity contribution in [3.05, 3.63) is 29.3 Å². The molecule has 0 spiro atoms. The summed E-state index contributed by atoms with van der Waals surface area (Å²) < 4.78 is 26.2.